The highest BCUT2D eigenvalue weighted by molar-refractivity contribution is 5.80. The van der Waals surface area contributed by atoms with Crippen LogP contribution < -0.4 is 31.2 Å². The van der Waals surface area contributed by atoms with Crippen molar-refractivity contribution in [2.24, 2.45) is 5.73 Å². The Bertz CT molecular complexity index is 1230. The zero-order valence-corrected chi connectivity index (χ0v) is 18.2. The number of rotatable bonds is 7. The Morgan fingerprint density at radius 1 is 1.03 bits per heavy atom. The predicted octanol–water partition coefficient (Wildman–Crippen LogP) is 1.88. The van der Waals surface area contributed by atoms with E-state index in [1.165, 1.54) is 4.57 Å². The van der Waals surface area contributed by atoms with Gasteiger partial charge in [-0.15, -0.1) is 0 Å². The topological polar surface area (TPSA) is 107 Å². The Kier molecular flexibility index (Phi) is 6.48. The van der Waals surface area contributed by atoms with Crippen LogP contribution in [0.25, 0.3) is 10.9 Å². The quantitative estimate of drug-likeness (QED) is 0.558. The van der Waals surface area contributed by atoms with E-state index in [0.29, 0.717) is 54.2 Å². The molecule has 2 aromatic carbocycles. The van der Waals surface area contributed by atoms with Gasteiger partial charge in [0.05, 0.1) is 31.7 Å². The molecule has 1 aliphatic heterocycles. The van der Waals surface area contributed by atoms with Gasteiger partial charge in [0.15, 0.2) is 11.5 Å². The van der Waals surface area contributed by atoms with Gasteiger partial charge in [-0.05, 0) is 48.7 Å². The standard InChI is InChI=1S/C23H27N3O6/c1-29-20-6-3-15(11-21(20)30-2)13-25-22(27)18-12-17(32-14-24)4-5-19(18)26(23(25)28)16-7-9-31-10-8-16/h3-6,11-12,16H,7-10,13-14,24H2,1-2H3. The van der Waals surface area contributed by atoms with Gasteiger partial charge >= 0.3 is 5.69 Å². The summed E-state index contributed by atoms with van der Waals surface area (Å²) in [5.41, 5.74) is 6.09. The van der Waals surface area contributed by atoms with Crippen LogP contribution in [0.1, 0.15) is 24.4 Å². The summed E-state index contributed by atoms with van der Waals surface area (Å²) < 4.78 is 24.5. The first-order chi connectivity index (χ1) is 15.6. The van der Waals surface area contributed by atoms with E-state index in [0.717, 1.165) is 5.56 Å². The molecule has 9 nitrogen and oxygen atoms in total. The van der Waals surface area contributed by atoms with E-state index >= 15 is 0 Å². The zero-order chi connectivity index (χ0) is 22.7. The first kappa shape index (κ1) is 21.9. The zero-order valence-electron chi connectivity index (χ0n) is 18.2. The van der Waals surface area contributed by atoms with Crippen LogP contribution >= 0.6 is 0 Å². The highest BCUT2D eigenvalue weighted by Crippen LogP contribution is 2.28. The first-order valence-corrected chi connectivity index (χ1v) is 10.5. The van der Waals surface area contributed by atoms with Gasteiger partial charge in [-0.25, -0.2) is 4.79 Å². The van der Waals surface area contributed by atoms with Crippen molar-refractivity contribution in [2.75, 3.05) is 34.2 Å². The average molecular weight is 441 g/mol. The fourth-order valence-corrected chi connectivity index (χ4v) is 4.15. The normalized spacial score (nSPS) is 14.5. The molecule has 4 rings (SSSR count). The van der Waals surface area contributed by atoms with E-state index in [9.17, 15) is 9.59 Å². The van der Waals surface area contributed by atoms with E-state index < -0.39 is 0 Å². The fraction of sp³-hybridized carbons (Fsp3) is 0.391. The molecule has 170 valence electrons. The smallest absolute Gasteiger partial charge is 0.332 e. The molecule has 9 heteroatoms. The summed E-state index contributed by atoms with van der Waals surface area (Å²) in [7, 11) is 3.10. The number of benzene rings is 2. The lowest BCUT2D eigenvalue weighted by molar-refractivity contribution is 0.0691. The molecule has 2 heterocycles. The molecule has 0 unspecified atom stereocenters. The van der Waals surface area contributed by atoms with E-state index in [2.05, 4.69) is 0 Å². The van der Waals surface area contributed by atoms with Gasteiger partial charge in [0.1, 0.15) is 12.5 Å². The van der Waals surface area contributed by atoms with Crippen molar-refractivity contribution < 1.29 is 18.9 Å². The Hall–Kier alpha value is -3.30. The molecule has 0 amide bonds. The Morgan fingerprint density at radius 3 is 2.47 bits per heavy atom. The van der Waals surface area contributed by atoms with Gasteiger partial charge in [0.25, 0.3) is 5.56 Å². The highest BCUT2D eigenvalue weighted by atomic mass is 16.5. The molecule has 1 aliphatic rings. The molecule has 1 aromatic heterocycles. The maximum Gasteiger partial charge on any atom is 0.332 e. The maximum absolute atomic E-state index is 13.6. The van der Waals surface area contributed by atoms with E-state index in [1.807, 2.05) is 6.07 Å². The van der Waals surface area contributed by atoms with Crippen molar-refractivity contribution in [1.82, 2.24) is 9.13 Å². The van der Waals surface area contributed by atoms with Gasteiger partial charge in [-0.3, -0.25) is 19.7 Å². The van der Waals surface area contributed by atoms with Crippen molar-refractivity contribution in [3.63, 3.8) is 0 Å². The SMILES string of the molecule is COc1ccc(Cn2c(=O)c3cc(OCN)ccc3n(C3CCOCC3)c2=O)cc1OC. The van der Waals surface area contributed by atoms with Crippen LogP contribution in [0, 0.1) is 0 Å². The lowest BCUT2D eigenvalue weighted by atomic mass is 10.1. The minimum absolute atomic E-state index is 0.00899. The predicted molar refractivity (Wildman–Crippen MR) is 120 cm³/mol. The molecule has 0 spiro atoms. The van der Waals surface area contributed by atoms with Gasteiger partial charge in [0.2, 0.25) is 0 Å². The van der Waals surface area contributed by atoms with E-state index in [1.54, 1.807) is 49.1 Å². The molecule has 2 N–H and O–H groups in total. The van der Waals surface area contributed by atoms with Crippen LogP contribution in [0.15, 0.2) is 46.0 Å². The van der Waals surface area contributed by atoms with Crippen LogP contribution in [0.4, 0.5) is 0 Å². The molecule has 0 atom stereocenters. The van der Waals surface area contributed by atoms with Crippen molar-refractivity contribution in [3.05, 3.63) is 62.8 Å². The largest absolute Gasteiger partial charge is 0.493 e. The molecular formula is C23H27N3O6. The Morgan fingerprint density at radius 2 is 1.78 bits per heavy atom. The second-order valence-electron chi connectivity index (χ2n) is 7.57. The number of hydrogen-bond acceptors (Lipinski definition) is 7. The number of methoxy groups -OCH3 is 2. The Balaban J connectivity index is 1.89. The van der Waals surface area contributed by atoms with Crippen molar-refractivity contribution in [3.8, 4) is 17.2 Å². The van der Waals surface area contributed by atoms with Gasteiger partial charge < -0.3 is 18.9 Å². The summed E-state index contributed by atoms with van der Waals surface area (Å²) in [5.74, 6) is 1.58. The number of aromatic nitrogens is 2. The van der Waals surface area contributed by atoms with Crippen LogP contribution in [0.3, 0.4) is 0 Å². The number of fused-ring (bicyclic) bond motifs is 1. The molecular weight excluding hydrogens is 414 g/mol. The molecule has 0 bridgehead atoms. The summed E-state index contributed by atoms with van der Waals surface area (Å²) in [5, 5.41) is 0.405. The summed E-state index contributed by atoms with van der Waals surface area (Å²) in [4.78, 5) is 27.0. The van der Waals surface area contributed by atoms with Gasteiger partial charge in [-0.1, -0.05) is 6.07 Å². The van der Waals surface area contributed by atoms with E-state index in [4.69, 9.17) is 24.7 Å². The van der Waals surface area contributed by atoms with Crippen LogP contribution in [0.2, 0.25) is 0 Å². The summed E-state index contributed by atoms with van der Waals surface area (Å²) in [6.07, 6.45) is 1.40. The van der Waals surface area contributed by atoms with Crippen molar-refractivity contribution in [1.29, 1.82) is 0 Å². The number of nitrogens with two attached hydrogens (primary N) is 1. The number of nitrogens with zero attached hydrogens (tertiary/aromatic N) is 2. The third-order valence-corrected chi connectivity index (χ3v) is 5.73. The molecule has 1 saturated heterocycles. The van der Waals surface area contributed by atoms with Crippen molar-refractivity contribution >= 4 is 10.9 Å². The van der Waals surface area contributed by atoms with Gasteiger partial charge in [0, 0.05) is 19.3 Å². The third-order valence-electron chi connectivity index (χ3n) is 5.73. The molecule has 32 heavy (non-hydrogen) atoms. The lowest BCUT2D eigenvalue weighted by Gasteiger charge is -2.26. The maximum atomic E-state index is 13.6. The second-order valence-corrected chi connectivity index (χ2v) is 7.57. The molecule has 0 radical (unpaired) electrons. The number of hydrogen-bond donors (Lipinski definition) is 1. The summed E-state index contributed by atoms with van der Waals surface area (Å²) in [6, 6.07) is 10.4. The highest BCUT2D eigenvalue weighted by Gasteiger charge is 2.23. The fourth-order valence-electron chi connectivity index (χ4n) is 4.15. The molecule has 0 saturated carbocycles. The lowest BCUT2D eigenvalue weighted by Crippen LogP contribution is -2.42. The first-order valence-electron chi connectivity index (χ1n) is 10.5. The van der Waals surface area contributed by atoms with Crippen LogP contribution in [0.5, 0.6) is 17.2 Å². The number of ether oxygens (including phenoxy) is 4. The third kappa shape index (κ3) is 4.09. The second kappa shape index (κ2) is 9.46. The minimum Gasteiger partial charge on any atom is -0.493 e. The average Bonchev–Trinajstić information content (AvgIpc) is 2.83. The Labute approximate surface area is 184 Å². The van der Waals surface area contributed by atoms with Crippen LogP contribution in [-0.4, -0.2) is 43.3 Å². The van der Waals surface area contributed by atoms with Crippen LogP contribution in [-0.2, 0) is 11.3 Å². The molecule has 0 aliphatic carbocycles. The van der Waals surface area contributed by atoms with Crippen molar-refractivity contribution in [2.45, 2.75) is 25.4 Å². The molecule has 1 fully saturated rings. The van der Waals surface area contributed by atoms with E-state index in [-0.39, 0.29) is 30.6 Å². The minimum atomic E-state index is -0.384. The summed E-state index contributed by atoms with van der Waals surface area (Å²) >= 11 is 0. The summed E-state index contributed by atoms with van der Waals surface area (Å²) in [6.45, 7) is 1.23. The van der Waals surface area contributed by atoms with Gasteiger partial charge in [-0.2, -0.15) is 0 Å². The monoisotopic (exact) mass is 441 g/mol. The molecule has 3 aromatic rings.